The lowest BCUT2D eigenvalue weighted by Gasteiger charge is -2.20. The molecule has 114 valence electrons. The fourth-order valence-electron chi connectivity index (χ4n) is 2.11. The van der Waals surface area contributed by atoms with Crippen molar-refractivity contribution in [3.8, 4) is 0 Å². The largest absolute Gasteiger partial charge is 0.342 e. The molecule has 0 aliphatic rings. The van der Waals surface area contributed by atoms with E-state index in [1.54, 1.807) is 18.3 Å². The summed E-state index contributed by atoms with van der Waals surface area (Å²) < 4.78 is 0. The minimum atomic E-state index is -0.631. The van der Waals surface area contributed by atoms with Gasteiger partial charge in [0.2, 0.25) is 0 Å². The Morgan fingerprint density at radius 3 is 2.64 bits per heavy atom. The van der Waals surface area contributed by atoms with E-state index in [0.29, 0.717) is 12.2 Å². The van der Waals surface area contributed by atoms with Gasteiger partial charge in [-0.2, -0.15) is 0 Å². The summed E-state index contributed by atoms with van der Waals surface area (Å²) in [6.07, 6.45) is 1.65. The van der Waals surface area contributed by atoms with Gasteiger partial charge in [0, 0.05) is 18.4 Å². The van der Waals surface area contributed by atoms with E-state index >= 15 is 0 Å². The molecule has 1 N–H and O–H groups in total. The van der Waals surface area contributed by atoms with E-state index in [0.717, 1.165) is 11.3 Å². The minimum absolute atomic E-state index is 0.233. The molecule has 5 heteroatoms. The summed E-state index contributed by atoms with van der Waals surface area (Å²) in [5.74, 6) is -1.20. The fourth-order valence-corrected chi connectivity index (χ4v) is 2.11. The molecule has 0 bridgehead atoms. The standard InChI is InChI=1S/C17H19N3O2/c1-3-20(15-9-6-7-13(2)11-15)17(22)16(21)19-12-14-8-4-5-10-18-14/h4-11H,3,12H2,1-2H3,(H,19,21). The van der Waals surface area contributed by atoms with Crippen molar-refractivity contribution in [1.82, 2.24) is 10.3 Å². The van der Waals surface area contributed by atoms with Crippen LogP contribution in [0.15, 0.2) is 48.7 Å². The number of carbonyl (C=O) groups is 2. The van der Waals surface area contributed by atoms with Crippen molar-refractivity contribution in [1.29, 1.82) is 0 Å². The molecule has 0 atom stereocenters. The van der Waals surface area contributed by atoms with E-state index in [4.69, 9.17) is 0 Å². The van der Waals surface area contributed by atoms with E-state index in [9.17, 15) is 9.59 Å². The van der Waals surface area contributed by atoms with Crippen molar-refractivity contribution in [2.45, 2.75) is 20.4 Å². The maximum atomic E-state index is 12.3. The highest BCUT2D eigenvalue weighted by Crippen LogP contribution is 2.15. The zero-order chi connectivity index (χ0) is 15.9. The summed E-state index contributed by atoms with van der Waals surface area (Å²) in [5, 5.41) is 2.61. The van der Waals surface area contributed by atoms with E-state index < -0.39 is 11.8 Å². The SMILES string of the molecule is CCN(C(=O)C(=O)NCc1ccccn1)c1cccc(C)c1. The second-order valence-corrected chi connectivity index (χ2v) is 4.89. The third kappa shape index (κ3) is 3.91. The zero-order valence-corrected chi connectivity index (χ0v) is 12.7. The highest BCUT2D eigenvalue weighted by molar-refractivity contribution is 6.40. The molecule has 1 heterocycles. The Labute approximate surface area is 130 Å². The number of amides is 2. The average molecular weight is 297 g/mol. The van der Waals surface area contributed by atoms with E-state index in [1.165, 1.54) is 4.90 Å². The maximum Gasteiger partial charge on any atom is 0.316 e. The van der Waals surface area contributed by atoms with Crippen LogP contribution in [0.1, 0.15) is 18.2 Å². The van der Waals surface area contributed by atoms with Gasteiger partial charge in [-0.1, -0.05) is 18.2 Å². The summed E-state index contributed by atoms with van der Waals surface area (Å²) in [6, 6.07) is 12.9. The number of likely N-dealkylation sites (N-methyl/N-ethyl adjacent to an activating group) is 1. The van der Waals surface area contributed by atoms with E-state index in [1.807, 2.05) is 44.2 Å². The van der Waals surface area contributed by atoms with Crippen molar-refractivity contribution >= 4 is 17.5 Å². The molecule has 0 radical (unpaired) electrons. The second kappa shape index (κ2) is 7.36. The number of rotatable bonds is 4. The van der Waals surface area contributed by atoms with Crippen LogP contribution in [0.3, 0.4) is 0 Å². The molecule has 0 aliphatic carbocycles. The van der Waals surface area contributed by atoms with Crippen LogP contribution in [-0.4, -0.2) is 23.3 Å². The first-order valence-electron chi connectivity index (χ1n) is 7.18. The van der Waals surface area contributed by atoms with Crippen LogP contribution in [0.5, 0.6) is 0 Å². The van der Waals surface area contributed by atoms with Crippen molar-refractivity contribution in [3.63, 3.8) is 0 Å². The number of aryl methyl sites for hydroxylation is 1. The number of hydrogen-bond acceptors (Lipinski definition) is 3. The summed E-state index contributed by atoms with van der Waals surface area (Å²) in [6.45, 7) is 4.45. The first-order valence-corrected chi connectivity index (χ1v) is 7.18. The van der Waals surface area contributed by atoms with Gasteiger partial charge in [0.05, 0.1) is 12.2 Å². The Hall–Kier alpha value is -2.69. The molecular formula is C17H19N3O2. The topological polar surface area (TPSA) is 62.3 Å². The van der Waals surface area contributed by atoms with Crippen LogP contribution >= 0.6 is 0 Å². The van der Waals surface area contributed by atoms with Gasteiger partial charge < -0.3 is 10.2 Å². The van der Waals surface area contributed by atoms with Crippen molar-refractivity contribution in [2.24, 2.45) is 0 Å². The third-order valence-corrected chi connectivity index (χ3v) is 3.23. The molecule has 22 heavy (non-hydrogen) atoms. The number of hydrogen-bond donors (Lipinski definition) is 1. The van der Waals surface area contributed by atoms with Crippen LogP contribution in [0, 0.1) is 6.92 Å². The Bertz CT molecular complexity index is 656. The van der Waals surface area contributed by atoms with Gasteiger partial charge in [0.15, 0.2) is 0 Å². The van der Waals surface area contributed by atoms with Crippen molar-refractivity contribution in [2.75, 3.05) is 11.4 Å². The number of aromatic nitrogens is 1. The molecular weight excluding hydrogens is 278 g/mol. The highest BCUT2D eigenvalue weighted by atomic mass is 16.2. The van der Waals surface area contributed by atoms with Gasteiger partial charge in [-0.15, -0.1) is 0 Å². The van der Waals surface area contributed by atoms with Gasteiger partial charge in [-0.05, 0) is 43.7 Å². The lowest BCUT2D eigenvalue weighted by Crippen LogP contribution is -2.43. The number of nitrogens with zero attached hydrogens (tertiary/aromatic N) is 2. The van der Waals surface area contributed by atoms with Gasteiger partial charge in [0.1, 0.15) is 0 Å². The normalized spacial score (nSPS) is 10.1. The predicted molar refractivity (Wildman–Crippen MR) is 85.3 cm³/mol. The molecule has 2 aromatic rings. The molecule has 2 rings (SSSR count). The lowest BCUT2D eigenvalue weighted by atomic mass is 10.2. The molecule has 0 saturated heterocycles. The molecule has 0 spiro atoms. The molecule has 1 aromatic carbocycles. The number of nitrogens with one attached hydrogen (secondary N) is 1. The Balaban J connectivity index is 2.03. The van der Waals surface area contributed by atoms with Gasteiger partial charge >= 0.3 is 11.8 Å². The van der Waals surface area contributed by atoms with Gasteiger partial charge in [-0.3, -0.25) is 14.6 Å². The van der Waals surface area contributed by atoms with Crippen molar-refractivity contribution in [3.05, 3.63) is 59.9 Å². The first kappa shape index (κ1) is 15.7. The van der Waals surface area contributed by atoms with Crippen LogP contribution in [0.4, 0.5) is 5.69 Å². The van der Waals surface area contributed by atoms with Gasteiger partial charge in [0.25, 0.3) is 0 Å². The lowest BCUT2D eigenvalue weighted by molar-refractivity contribution is -0.137. The van der Waals surface area contributed by atoms with Crippen LogP contribution in [0.25, 0.3) is 0 Å². The zero-order valence-electron chi connectivity index (χ0n) is 12.7. The summed E-state index contributed by atoms with van der Waals surface area (Å²) >= 11 is 0. The molecule has 0 aliphatic heterocycles. The molecule has 0 fully saturated rings. The van der Waals surface area contributed by atoms with Crippen molar-refractivity contribution < 1.29 is 9.59 Å². The Kier molecular flexibility index (Phi) is 5.25. The summed E-state index contributed by atoms with van der Waals surface area (Å²) in [7, 11) is 0. The van der Waals surface area contributed by atoms with Gasteiger partial charge in [-0.25, -0.2) is 0 Å². The van der Waals surface area contributed by atoms with E-state index in [-0.39, 0.29) is 6.54 Å². The molecule has 5 nitrogen and oxygen atoms in total. The Morgan fingerprint density at radius 1 is 1.18 bits per heavy atom. The summed E-state index contributed by atoms with van der Waals surface area (Å²) in [4.78, 5) is 29.9. The number of carbonyl (C=O) groups excluding carboxylic acids is 2. The first-order chi connectivity index (χ1) is 10.6. The quantitative estimate of drug-likeness (QED) is 0.879. The number of benzene rings is 1. The number of pyridine rings is 1. The number of anilines is 1. The average Bonchev–Trinajstić information content (AvgIpc) is 2.54. The highest BCUT2D eigenvalue weighted by Gasteiger charge is 2.21. The smallest absolute Gasteiger partial charge is 0.316 e. The van der Waals surface area contributed by atoms with Crippen LogP contribution < -0.4 is 10.2 Å². The van der Waals surface area contributed by atoms with Crippen LogP contribution in [-0.2, 0) is 16.1 Å². The third-order valence-electron chi connectivity index (χ3n) is 3.23. The van der Waals surface area contributed by atoms with Crippen LogP contribution in [0.2, 0.25) is 0 Å². The second-order valence-electron chi connectivity index (χ2n) is 4.89. The monoisotopic (exact) mass is 297 g/mol. The Morgan fingerprint density at radius 2 is 2.00 bits per heavy atom. The van der Waals surface area contributed by atoms with E-state index in [2.05, 4.69) is 10.3 Å². The molecule has 1 aromatic heterocycles. The minimum Gasteiger partial charge on any atom is -0.342 e. The molecule has 2 amide bonds. The maximum absolute atomic E-state index is 12.3. The summed E-state index contributed by atoms with van der Waals surface area (Å²) in [5.41, 5.74) is 2.47. The molecule has 0 saturated carbocycles. The fraction of sp³-hybridized carbons (Fsp3) is 0.235. The predicted octanol–water partition coefficient (Wildman–Crippen LogP) is 2.06. The molecule has 0 unspecified atom stereocenters.